The molecule has 0 bridgehead atoms. The van der Waals surface area contributed by atoms with Crippen molar-refractivity contribution in [2.75, 3.05) is 11.5 Å². The molecule has 1 rings (SSSR count). The maximum atomic E-state index is 10.9. The van der Waals surface area contributed by atoms with Crippen LogP contribution in [0.15, 0.2) is 0 Å². The summed E-state index contributed by atoms with van der Waals surface area (Å²) in [5, 5.41) is 10.3. The Morgan fingerprint density at radius 2 is 2.00 bits per heavy atom. The molecule has 0 aromatic heterocycles. The van der Waals surface area contributed by atoms with Gasteiger partial charge in [0.05, 0.1) is 11.5 Å². The number of hydrogen-bond donors (Lipinski definition) is 2. The van der Waals surface area contributed by atoms with Crippen LogP contribution >= 0.6 is 0 Å². The van der Waals surface area contributed by atoms with Gasteiger partial charge >= 0.3 is 11.9 Å². The first-order valence-electron chi connectivity index (χ1n) is 3.65. The Balaban J connectivity index is 2.50. The van der Waals surface area contributed by atoms with Crippen molar-refractivity contribution in [1.29, 1.82) is 0 Å². The number of hydrogen-bond acceptors (Lipinski definition) is 4. The second-order valence-corrected chi connectivity index (χ2v) is 5.11. The summed E-state index contributed by atoms with van der Waals surface area (Å²) in [4.78, 5) is 20.7. The monoisotopic (exact) mass is 207 g/mol. The second kappa shape index (κ2) is 3.33. The maximum Gasteiger partial charge on any atom is 0.394 e. The predicted octanol–water partition coefficient (Wildman–Crippen LogP) is -1.63. The normalized spacial score (nSPS) is 25.4. The van der Waals surface area contributed by atoms with Crippen LogP contribution in [0.1, 0.15) is 6.42 Å². The zero-order chi connectivity index (χ0) is 10.1. The van der Waals surface area contributed by atoms with Crippen LogP contribution in [0.4, 0.5) is 0 Å². The molecule has 1 unspecified atom stereocenters. The van der Waals surface area contributed by atoms with E-state index >= 15 is 0 Å². The molecular weight excluding hydrogens is 198 g/mol. The molecule has 1 fully saturated rings. The van der Waals surface area contributed by atoms with Crippen LogP contribution in [0.3, 0.4) is 0 Å². The van der Waals surface area contributed by atoms with Gasteiger partial charge in [-0.3, -0.25) is 4.79 Å². The van der Waals surface area contributed by atoms with Gasteiger partial charge in [0.25, 0.3) is 0 Å². The van der Waals surface area contributed by atoms with Crippen molar-refractivity contribution in [2.24, 2.45) is 0 Å². The second-order valence-electron chi connectivity index (χ2n) is 2.88. The fraction of sp³-hybridized carbons (Fsp3) is 0.667. The largest absolute Gasteiger partial charge is 0.474 e. The molecule has 1 aliphatic heterocycles. The Labute approximate surface area is 74.9 Å². The van der Waals surface area contributed by atoms with Crippen molar-refractivity contribution in [2.45, 2.75) is 12.5 Å². The number of carbonyl (C=O) groups is 2. The number of amides is 1. The van der Waals surface area contributed by atoms with Crippen LogP contribution in [0.5, 0.6) is 0 Å². The van der Waals surface area contributed by atoms with Crippen molar-refractivity contribution in [3.05, 3.63) is 0 Å². The highest BCUT2D eigenvalue weighted by Crippen LogP contribution is 2.10. The van der Waals surface area contributed by atoms with E-state index in [9.17, 15) is 18.0 Å². The molecule has 13 heavy (non-hydrogen) atoms. The van der Waals surface area contributed by atoms with Gasteiger partial charge < -0.3 is 10.4 Å². The molecule has 1 amide bonds. The fourth-order valence-corrected chi connectivity index (χ4v) is 2.83. The minimum Gasteiger partial charge on any atom is -0.474 e. The first kappa shape index (κ1) is 9.97. The molecule has 6 nitrogen and oxygen atoms in total. The number of sulfone groups is 1. The summed E-state index contributed by atoms with van der Waals surface area (Å²) in [6, 6.07) is -0.548. The molecule has 0 radical (unpaired) electrons. The van der Waals surface area contributed by atoms with Gasteiger partial charge in [-0.1, -0.05) is 0 Å². The van der Waals surface area contributed by atoms with Crippen LogP contribution in [-0.2, 0) is 19.4 Å². The molecule has 1 heterocycles. The van der Waals surface area contributed by atoms with E-state index < -0.39 is 27.8 Å². The SMILES string of the molecule is O=C(O)C(=O)NC1CCS(=O)(=O)C1. The molecule has 74 valence electrons. The molecule has 0 aliphatic carbocycles. The molecule has 0 aromatic carbocycles. The standard InChI is InChI=1S/C6H9NO5S/c8-5(6(9)10)7-4-1-2-13(11,12)3-4/h4H,1-3H2,(H,7,8)(H,9,10). The summed E-state index contributed by atoms with van der Waals surface area (Å²) in [5.41, 5.74) is 0. The van der Waals surface area contributed by atoms with Crippen molar-refractivity contribution in [3.63, 3.8) is 0 Å². The van der Waals surface area contributed by atoms with E-state index in [0.29, 0.717) is 6.42 Å². The Bertz CT molecular complexity index is 333. The van der Waals surface area contributed by atoms with Crippen molar-refractivity contribution < 1.29 is 23.1 Å². The van der Waals surface area contributed by atoms with Gasteiger partial charge in [-0.15, -0.1) is 0 Å². The highest BCUT2D eigenvalue weighted by atomic mass is 32.2. The number of rotatable bonds is 1. The first-order chi connectivity index (χ1) is 5.91. The van der Waals surface area contributed by atoms with Gasteiger partial charge in [-0.2, -0.15) is 0 Å². The van der Waals surface area contributed by atoms with Crippen molar-refractivity contribution in [1.82, 2.24) is 5.32 Å². The van der Waals surface area contributed by atoms with E-state index in [-0.39, 0.29) is 11.5 Å². The Morgan fingerprint density at radius 1 is 1.38 bits per heavy atom. The van der Waals surface area contributed by atoms with E-state index in [2.05, 4.69) is 5.32 Å². The zero-order valence-electron chi connectivity index (χ0n) is 6.69. The van der Waals surface area contributed by atoms with Gasteiger partial charge in [0, 0.05) is 6.04 Å². The summed E-state index contributed by atoms with van der Waals surface area (Å²) in [6.07, 6.45) is 0.293. The summed E-state index contributed by atoms with van der Waals surface area (Å²) < 4.78 is 21.8. The number of carbonyl (C=O) groups excluding carboxylic acids is 1. The average Bonchev–Trinajstić information content (AvgIpc) is 2.30. The first-order valence-corrected chi connectivity index (χ1v) is 5.47. The topological polar surface area (TPSA) is 101 Å². The Morgan fingerprint density at radius 3 is 2.38 bits per heavy atom. The number of nitrogens with one attached hydrogen (secondary N) is 1. The summed E-state index contributed by atoms with van der Waals surface area (Å²) in [6.45, 7) is 0. The highest BCUT2D eigenvalue weighted by Gasteiger charge is 2.30. The molecule has 1 aliphatic rings. The third kappa shape index (κ3) is 2.69. The van der Waals surface area contributed by atoms with Gasteiger partial charge in [0.2, 0.25) is 0 Å². The summed E-state index contributed by atoms with van der Waals surface area (Å²) >= 11 is 0. The molecule has 0 saturated carbocycles. The fourth-order valence-electron chi connectivity index (χ4n) is 1.16. The molecule has 0 spiro atoms. The lowest BCUT2D eigenvalue weighted by Gasteiger charge is -2.06. The smallest absolute Gasteiger partial charge is 0.394 e. The van der Waals surface area contributed by atoms with E-state index in [4.69, 9.17) is 5.11 Å². The number of carboxylic acids is 1. The lowest BCUT2D eigenvalue weighted by molar-refractivity contribution is -0.150. The average molecular weight is 207 g/mol. The van der Waals surface area contributed by atoms with Gasteiger partial charge in [-0.25, -0.2) is 13.2 Å². The van der Waals surface area contributed by atoms with Crippen molar-refractivity contribution >= 4 is 21.7 Å². The molecule has 0 aromatic rings. The van der Waals surface area contributed by atoms with E-state index in [1.54, 1.807) is 0 Å². The molecule has 2 N–H and O–H groups in total. The maximum absolute atomic E-state index is 10.9. The Kier molecular flexibility index (Phi) is 2.55. The molecule has 1 saturated heterocycles. The van der Waals surface area contributed by atoms with Crippen LogP contribution in [-0.4, -0.2) is 42.9 Å². The lowest BCUT2D eigenvalue weighted by atomic mass is 10.2. The molecular formula is C6H9NO5S. The minimum absolute atomic E-state index is 0.0115. The predicted molar refractivity (Wildman–Crippen MR) is 42.8 cm³/mol. The van der Waals surface area contributed by atoms with Crippen molar-refractivity contribution in [3.8, 4) is 0 Å². The quantitative estimate of drug-likeness (QED) is 0.503. The lowest BCUT2D eigenvalue weighted by Crippen LogP contribution is -2.39. The van der Waals surface area contributed by atoms with E-state index in [0.717, 1.165) is 0 Å². The van der Waals surface area contributed by atoms with Crippen LogP contribution in [0, 0.1) is 0 Å². The summed E-state index contributed by atoms with van der Waals surface area (Å²) in [5.74, 6) is -2.89. The minimum atomic E-state index is -3.07. The number of aliphatic carboxylic acids is 1. The van der Waals surface area contributed by atoms with E-state index in [1.165, 1.54) is 0 Å². The van der Waals surface area contributed by atoms with Crippen LogP contribution in [0.25, 0.3) is 0 Å². The molecule has 7 heteroatoms. The van der Waals surface area contributed by atoms with E-state index in [1.807, 2.05) is 0 Å². The third-order valence-electron chi connectivity index (χ3n) is 1.76. The molecule has 1 atom stereocenters. The van der Waals surface area contributed by atoms with Gasteiger partial charge in [0.15, 0.2) is 9.84 Å². The number of carboxylic acid groups (broad SMARTS) is 1. The summed E-state index contributed by atoms with van der Waals surface area (Å²) in [7, 11) is -3.07. The third-order valence-corrected chi connectivity index (χ3v) is 3.53. The zero-order valence-corrected chi connectivity index (χ0v) is 7.50. The highest BCUT2D eigenvalue weighted by molar-refractivity contribution is 7.91. The van der Waals surface area contributed by atoms with Gasteiger partial charge in [-0.05, 0) is 6.42 Å². The van der Waals surface area contributed by atoms with Crippen LogP contribution < -0.4 is 5.32 Å². The van der Waals surface area contributed by atoms with Gasteiger partial charge in [0.1, 0.15) is 0 Å². The Hall–Kier alpha value is -1.11. The van der Waals surface area contributed by atoms with Crippen LogP contribution in [0.2, 0.25) is 0 Å².